The minimum absolute atomic E-state index is 0.0578. The lowest BCUT2D eigenvalue weighted by atomic mass is 10.1. The predicted octanol–water partition coefficient (Wildman–Crippen LogP) is 2.68. The first kappa shape index (κ1) is 16.6. The van der Waals surface area contributed by atoms with E-state index in [9.17, 15) is 9.59 Å². The minimum atomic E-state index is -0.904. The van der Waals surface area contributed by atoms with Gasteiger partial charge in [0.1, 0.15) is 5.69 Å². The summed E-state index contributed by atoms with van der Waals surface area (Å²) in [6.07, 6.45) is -0.0578. The molecule has 7 heteroatoms. The van der Waals surface area contributed by atoms with E-state index in [1.807, 2.05) is 31.2 Å². The van der Waals surface area contributed by atoms with Gasteiger partial charge in [0.15, 0.2) is 0 Å². The van der Waals surface area contributed by atoms with Crippen LogP contribution in [0, 0.1) is 6.92 Å². The molecule has 1 unspecified atom stereocenters. The number of aliphatic carboxylic acids is 1. The monoisotopic (exact) mass is 346 g/mol. The number of benzene rings is 1. The standard InChI is InChI=1S/C17H18N2O4S/c1-11-2-4-12(5-3-11)14-9-15(23-18-14)17(22)19-6-7-24-10-13(19)8-16(20)21/h2-5,9,13H,6-8,10H2,1H3,(H,20,21). The summed E-state index contributed by atoms with van der Waals surface area (Å²) in [7, 11) is 0. The molecule has 1 aromatic heterocycles. The van der Waals surface area contributed by atoms with Crippen molar-refractivity contribution in [2.24, 2.45) is 0 Å². The molecule has 126 valence electrons. The van der Waals surface area contributed by atoms with Crippen molar-refractivity contribution in [3.63, 3.8) is 0 Å². The van der Waals surface area contributed by atoms with E-state index < -0.39 is 5.97 Å². The Morgan fingerprint density at radius 1 is 1.38 bits per heavy atom. The third kappa shape index (κ3) is 3.62. The Hall–Kier alpha value is -2.28. The minimum Gasteiger partial charge on any atom is -0.481 e. The first-order chi connectivity index (χ1) is 11.5. The summed E-state index contributed by atoms with van der Waals surface area (Å²) >= 11 is 1.66. The van der Waals surface area contributed by atoms with Crippen molar-refractivity contribution in [3.8, 4) is 11.3 Å². The Balaban J connectivity index is 1.79. The normalized spacial score (nSPS) is 17.7. The number of hydrogen-bond acceptors (Lipinski definition) is 5. The lowest BCUT2D eigenvalue weighted by Gasteiger charge is -2.33. The van der Waals surface area contributed by atoms with Crippen molar-refractivity contribution in [1.29, 1.82) is 0 Å². The van der Waals surface area contributed by atoms with E-state index in [-0.39, 0.29) is 24.1 Å². The van der Waals surface area contributed by atoms with Crippen LogP contribution in [0.25, 0.3) is 11.3 Å². The van der Waals surface area contributed by atoms with Crippen molar-refractivity contribution in [3.05, 3.63) is 41.7 Å². The smallest absolute Gasteiger partial charge is 0.305 e. The molecule has 2 heterocycles. The van der Waals surface area contributed by atoms with Gasteiger partial charge in [-0.1, -0.05) is 35.0 Å². The largest absolute Gasteiger partial charge is 0.481 e. The predicted molar refractivity (Wildman–Crippen MR) is 91.1 cm³/mol. The van der Waals surface area contributed by atoms with Crippen molar-refractivity contribution in [1.82, 2.24) is 10.1 Å². The number of thioether (sulfide) groups is 1. The average Bonchev–Trinajstić information content (AvgIpc) is 3.05. The molecule has 0 bridgehead atoms. The summed E-state index contributed by atoms with van der Waals surface area (Å²) in [6.45, 7) is 2.51. The van der Waals surface area contributed by atoms with Crippen LogP contribution < -0.4 is 0 Å². The number of amides is 1. The van der Waals surface area contributed by atoms with Crippen LogP contribution in [0.2, 0.25) is 0 Å². The lowest BCUT2D eigenvalue weighted by molar-refractivity contribution is -0.138. The van der Waals surface area contributed by atoms with Crippen molar-refractivity contribution >= 4 is 23.6 Å². The Kier molecular flexibility index (Phi) is 4.89. The summed E-state index contributed by atoms with van der Waals surface area (Å²) in [6, 6.07) is 9.08. The maximum Gasteiger partial charge on any atom is 0.305 e. The molecule has 24 heavy (non-hydrogen) atoms. The van der Waals surface area contributed by atoms with Gasteiger partial charge in [-0.15, -0.1) is 0 Å². The molecular weight excluding hydrogens is 328 g/mol. The first-order valence-electron chi connectivity index (χ1n) is 7.69. The number of aromatic nitrogens is 1. The van der Waals surface area contributed by atoms with E-state index in [1.54, 1.807) is 22.7 Å². The molecule has 1 fully saturated rings. The van der Waals surface area contributed by atoms with E-state index in [2.05, 4.69) is 5.16 Å². The zero-order chi connectivity index (χ0) is 17.1. The van der Waals surface area contributed by atoms with Gasteiger partial charge in [0, 0.05) is 29.7 Å². The molecule has 1 amide bonds. The second-order valence-corrected chi connectivity index (χ2v) is 6.92. The van der Waals surface area contributed by atoms with Crippen LogP contribution in [0.15, 0.2) is 34.9 Å². The molecule has 0 saturated carbocycles. The van der Waals surface area contributed by atoms with Crippen LogP contribution in [0.4, 0.5) is 0 Å². The highest BCUT2D eigenvalue weighted by atomic mass is 32.2. The highest BCUT2D eigenvalue weighted by Gasteiger charge is 2.31. The van der Waals surface area contributed by atoms with Crippen LogP contribution in [0.5, 0.6) is 0 Å². The summed E-state index contributed by atoms with van der Waals surface area (Å²) in [5.41, 5.74) is 2.61. The van der Waals surface area contributed by atoms with Gasteiger partial charge in [0.25, 0.3) is 5.91 Å². The number of carboxylic acids is 1. The third-order valence-corrected chi connectivity index (χ3v) is 5.06. The molecule has 3 rings (SSSR count). The van der Waals surface area contributed by atoms with Crippen molar-refractivity contribution in [2.45, 2.75) is 19.4 Å². The number of nitrogens with zero attached hydrogens (tertiary/aromatic N) is 2. The number of carbonyl (C=O) groups is 2. The Morgan fingerprint density at radius 3 is 2.83 bits per heavy atom. The number of rotatable bonds is 4. The maximum absolute atomic E-state index is 12.7. The second-order valence-electron chi connectivity index (χ2n) is 5.77. The summed E-state index contributed by atoms with van der Waals surface area (Å²) in [5, 5.41) is 13.0. The number of carboxylic acid groups (broad SMARTS) is 1. The summed E-state index contributed by atoms with van der Waals surface area (Å²) < 4.78 is 5.22. The van der Waals surface area contributed by atoms with Crippen molar-refractivity contribution < 1.29 is 19.2 Å². The van der Waals surface area contributed by atoms with Crippen LogP contribution in [-0.4, -0.2) is 51.1 Å². The van der Waals surface area contributed by atoms with Gasteiger partial charge in [0.05, 0.1) is 12.5 Å². The highest BCUT2D eigenvalue weighted by Crippen LogP contribution is 2.24. The van der Waals surface area contributed by atoms with Crippen LogP contribution in [0.3, 0.4) is 0 Å². The number of carbonyl (C=O) groups excluding carboxylic acids is 1. The number of hydrogen-bond donors (Lipinski definition) is 1. The molecule has 0 spiro atoms. The molecule has 6 nitrogen and oxygen atoms in total. The molecule has 1 aliphatic heterocycles. The Labute approximate surface area is 143 Å². The van der Waals surface area contributed by atoms with Gasteiger partial charge in [-0.2, -0.15) is 11.8 Å². The maximum atomic E-state index is 12.7. The second kappa shape index (κ2) is 7.09. The number of aryl methyl sites for hydroxylation is 1. The molecule has 2 aromatic rings. The zero-order valence-corrected chi connectivity index (χ0v) is 14.1. The lowest BCUT2D eigenvalue weighted by Crippen LogP contribution is -2.47. The SMILES string of the molecule is Cc1ccc(-c2cc(C(=O)N3CCSCC3CC(=O)O)on2)cc1. The van der Waals surface area contributed by atoms with Gasteiger partial charge >= 0.3 is 5.97 Å². The van der Waals surface area contributed by atoms with Gasteiger partial charge in [-0.05, 0) is 6.92 Å². The quantitative estimate of drug-likeness (QED) is 0.916. The van der Waals surface area contributed by atoms with E-state index in [1.165, 1.54) is 0 Å². The molecule has 1 atom stereocenters. The topological polar surface area (TPSA) is 83.6 Å². The van der Waals surface area contributed by atoms with E-state index in [0.29, 0.717) is 18.0 Å². The molecule has 0 radical (unpaired) electrons. The third-order valence-electron chi connectivity index (χ3n) is 3.97. The van der Waals surface area contributed by atoms with E-state index in [4.69, 9.17) is 9.63 Å². The molecule has 1 N–H and O–H groups in total. The zero-order valence-electron chi connectivity index (χ0n) is 13.3. The van der Waals surface area contributed by atoms with Crippen LogP contribution in [0.1, 0.15) is 22.5 Å². The van der Waals surface area contributed by atoms with Crippen LogP contribution >= 0.6 is 11.8 Å². The fraction of sp³-hybridized carbons (Fsp3) is 0.353. The fourth-order valence-electron chi connectivity index (χ4n) is 2.67. The van der Waals surface area contributed by atoms with E-state index in [0.717, 1.165) is 16.9 Å². The first-order valence-corrected chi connectivity index (χ1v) is 8.84. The van der Waals surface area contributed by atoms with E-state index >= 15 is 0 Å². The van der Waals surface area contributed by atoms with Gasteiger partial charge < -0.3 is 14.5 Å². The molecule has 1 saturated heterocycles. The Bertz CT molecular complexity index is 741. The Morgan fingerprint density at radius 2 is 2.12 bits per heavy atom. The highest BCUT2D eigenvalue weighted by molar-refractivity contribution is 7.99. The summed E-state index contributed by atoms with van der Waals surface area (Å²) in [5.74, 6) is 0.358. The molecule has 0 aliphatic carbocycles. The average molecular weight is 346 g/mol. The van der Waals surface area contributed by atoms with Gasteiger partial charge in [-0.3, -0.25) is 9.59 Å². The van der Waals surface area contributed by atoms with Crippen LogP contribution in [-0.2, 0) is 4.79 Å². The summed E-state index contributed by atoms with van der Waals surface area (Å²) in [4.78, 5) is 25.3. The fourth-order valence-corrected chi connectivity index (χ4v) is 3.73. The molecule has 1 aromatic carbocycles. The molecular formula is C17H18N2O4S. The molecule has 1 aliphatic rings. The van der Waals surface area contributed by atoms with Gasteiger partial charge in [-0.25, -0.2) is 0 Å². The van der Waals surface area contributed by atoms with Gasteiger partial charge in [0.2, 0.25) is 5.76 Å². The van der Waals surface area contributed by atoms with Crippen molar-refractivity contribution in [2.75, 3.05) is 18.1 Å².